The van der Waals surface area contributed by atoms with E-state index in [1.54, 1.807) is 20.8 Å². The van der Waals surface area contributed by atoms with Gasteiger partial charge in [0, 0.05) is 12.0 Å². The van der Waals surface area contributed by atoms with Crippen LogP contribution >= 0.6 is 0 Å². The molecule has 1 fully saturated rings. The number of ether oxygens (including phenoxy) is 4. The largest absolute Gasteiger partial charge is 0.493 e. The highest BCUT2D eigenvalue weighted by Gasteiger charge is 2.59. The van der Waals surface area contributed by atoms with Crippen molar-refractivity contribution in [1.29, 1.82) is 0 Å². The number of hydrazine groups is 1. The highest BCUT2D eigenvalue weighted by atomic mass is 19.4. The number of amides is 3. The number of carbonyl (C=O) groups excluding carboxylic acids is 3. The molecule has 3 amide bonds. The Labute approximate surface area is 254 Å². The van der Waals surface area contributed by atoms with Crippen molar-refractivity contribution < 1.29 is 46.5 Å². The Morgan fingerprint density at radius 1 is 1.05 bits per heavy atom. The standard InChI is InChI=1S/C31H36F3N3O7/c1-7-30(20-43-29(5,6)37(30)27(40)44-28(2,3)4)26(39)36-35-25(38)22-14-15-24(23(18-22)31(32,33)34)42-17-11-16-41-19-21-12-9-8-10-13-21/h1,8-10,12-15,18H,11,16-17,19-20H2,2-6H3,(H,35,38)(H,36,39)/t30-/m0/s1. The first kappa shape index (κ1) is 34.2. The second-order valence-electron chi connectivity index (χ2n) is 11.4. The lowest BCUT2D eigenvalue weighted by Crippen LogP contribution is -2.64. The number of terminal acetylenes is 1. The molecule has 3 rings (SSSR count). The molecule has 0 spiro atoms. The summed E-state index contributed by atoms with van der Waals surface area (Å²) < 4.78 is 63.4. The smallest absolute Gasteiger partial charge is 0.419 e. The van der Waals surface area contributed by atoms with Gasteiger partial charge in [0.25, 0.3) is 11.8 Å². The predicted molar refractivity (Wildman–Crippen MR) is 153 cm³/mol. The van der Waals surface area contributed by atoms with Gasteiger partial charge in [0.1, 0.15) is 17.1 Å². The van der Waals surface area contributed by atoms with E-state index < -0.39 is 64.4 Å². The quantitative estimate of drug-likeness (QED) is 0.235. The van der Waals surface area contributed by atoms with Crippen molar-refractivity contribution in [2.45, 2.75) is 70.7 Å². The van der Waals surface area contributed by atoms with Crippen LogP contribution in [0.4, 0.5) is 18.0 Å². The SMILES string of the molecule is C#C[C@@]1(C(=O)NNC(=O)c2ccc(OCCCOCc3ccccc3)c(C(F)(F)F)c2)COC(C)(C)N1C(=O)OC(C)(C)C. The molecule has 1 saturated heterocycles. The fraction of sp³-hybridized carbons (Fsp3) is 0.452. The van der Waals surface area contributed by atoms with Crippen molar-refractivity contribution in [3.8, 4) is 18.1 Å². The third-order valence-corrected chi connectivity index (χ3v) is 6.38. The number of hydrogen-bond acceptors (Lipinski definition) is 7. The lowest BCUT2D eigenvalue weighted by molar-refractivity contribution is -0.139. The van der Waals surface area contributed by atoms with E-state index in [2.05, 4.69) is 16.8 Å². The Morgan fingerprint density at radius 2 is 1.73 bits per heavy atom. The highest BCUT2D eigenvalue weighted by Crippen LogP contribution is 2.38. The van der Waals surface area contributed by atoms with E-state index in [4.69, 9.17) is 25.4 Å². The Hall–Kier alpha value is -4.28. The number of rotatable bonds is 9. The van der Waals surface area contributed by atoms with E-state index in [1.165, 1.54) is 13.8 Å². The zero-order chi connectivity index (χ0) is 32.8. The summed E-state index contributed by atoms with van der Waals surface area (Å²) in [6.07, 6.45) is 0.230. The molecule has 0 radical (unpaired) electrons. The van der Waals surface area contributed by atoms with E-state index in [1.807, 2.05) is 30.3 Å². The minimum Gasteiger partial charge on any atom is -0.493 e. The van der Waals surface area contributed by atoms with Crippen LogP contribution in [0.2, 0.25) is 0 Å². The van der Waals surface area contributed by atoms with Gasteiger partial charge in [-0.15, -0.1) is 6.42 Å². The Balaban J connectivity index is 1.65. The van der Waals surface area contributed by atoms with E-state index in [-0.39, 0.29) is 13.2 Å². The summed E-state index contributed by atoms with van der Waals surface area (Å²) >= 11 is 0. The van der Waals surface area contributed by atoms with Crippen LogP contribution in [0.5, 0.6) is 5.75 Å². The molecule has 0 saturated carbocycles. The van der Waals surface area contributed by atoms with Crippen LogP contribution in [0.3, 0.4) is 0 Å². The van der Waals surface area contributed by atoms with Crippen LogP contribution in [0, 0.1) is 12.3 Å². The number of alkyl halides is 3. The topological polar surface area (TPSA) is 115 Å². The Bertz CT molecular complexity index is 1380. The third kappa shape index (κ3) is 8.42. The lowest BCUT2D eigenvalue weighted by atomic mass is 9.98. The first-order valence-corrected chi connectivity index (χ1v) is 13.7. The van der Waals surface area contributed by atoms with Gasteiger partial charge >= 0.3 is 12.3 Å². The Morgan fingerprint density at radius 3 is 2.34 bits per heavy atom. The lowest BCUT2D eigenvalue weighted by Gasteiger charge is -2.38. The number of nitrogens with one attached hydrogen (secondary N) is 2. The van der Waals surface area contributed by atoms with Crippen molar-refractivity contribution in [1.82, 2.24) is 15.8 Å². The van der Waals surface area contributed by atoms with E-state index in [0.29, 0.717) is 19.1 Å². The molecular formula is C31H36F3N3O7. The van der Waals surface area contributed by atoms with E-state index >= 15 is 0 Å². The first-order chi connectivity index (χ1) is 20.5. The zero-order valence-corrected chi connectivity index (χ0v) is 25.2. The van der Waals surface area contributed by atoms with E-state index in [0.717, 1.165) is 22.6 Å². The van der Waals surface area contributed by atoms with Gasteiger partial charge in [0.15, 0.2) is 0 Å². The van der Waals surface area contributed by atoms with Gasteiger partial charge < -0.3 is 18.9 Å². The molecule has 0 aromatic heterocycles. The average Bonchev–Trinajstić information content (AvgIpc) is 3.23. The van der Waals surface area contributed by atoms with Gasteiger partial charge in [0.2, 0.25) is 5.54 Å². The summed E-state index contributed by atoms with van der Waals surface area (Å²) in [5, 5.41) is 0. The fourth-order valence-corrected chi connectivity index (χ4v) is 4.31. The van der Waals surface area contributed by atoms with Gasteiger partial charge in [-0.25, -0.2) is 4.79 Å². The van der Waals surface area contributed by atoms with Gasteiger partial charge in [-0.1, -0.05) is 36.3 Å². The van der Waals surface area contributed by atoms with Crippen LogP contribution < -0.4 is 15.6 Å². The van der Waals surface area contributed by atoms with Crippen LogP contribution in [0.25, 0.3) is 0 Å². The van der Waals surface area contributed by atoms with Gasteiger partial charge in [0.05, 0.1) is 32.0 Å². The molecule has 1 aliphatic rings. The first-order valence-electron chi connectivity index (χ1n) is 13.7. The minimum absolute atomic E-state index is 0.0553. The molecule has 0 aliphatic carbocycles. The molecule has 238 valence electrons. The number of hydrogen-bond donors (Lipinski definition) is 2. The molecule has 0 unspecified atom stereocenters. The molecule has 1 atom stereocenters. The van der Waals surface area contributed by atoms with Crippen molar-refractivity contribution in [3.05, 3.63) is 65.2 Å². The Kier molecular flexibility index (Phi) is 10.6. The second-order valence-corrected chi connectivity index (χ2v) is 11.4. The van der Waals surface area contributed by atoms with Crippen molar-refractivity contribution in [2.24, 2.45) is 0 Å². The van der Waals surface area contributed by atoms with Crippen LogP contribution in [0.1, 0.15) is 62.5 Å². The third-order valence-electron chi connectivity index (χ3n) is 6.38. The van der Waals surface area contributed by atoms with Gasteiger partial charge in [-0.05, 0) is 58.4 Å². The molecule has 0 bridgehead atoms. The maximum atomic E-state index is 13.8. The second kappa shape index (κ2) is 13.6. The molecule has 44 heavy (non-hydrogen) atoms. The maximum Gasteiger partial charge on any atom is 0.419 e. The summed E-state index contributed by atoms with van der Waals surface area (Å²) in [6.45, 7) is 8.02. The van der Waals surface area contributed by atoms with Crippen LogP contribution in [0.15, 0.2) is 48.5 Å². The number of benzene rings is 2. The molecule has 1 heterocycles. The number of nitrogens with zero attached hydrogens (tertiary/aromatic N) is 1. The van der Waals surface area contributed by atoms with Gasteiger partial charge in [-0.3, -0.25) is 25.3 Å². The van der Waals surface area contributed by atoms with E-state index in [9.17, 15) is 27.6 Å². The van der Waals surface area contributed by atoms with Crippen LogP contribution in [-0.2, 0) is 31.8 Å². The zero-order valence-electron chi connectivity index (χ0n) is 25.2. The molecule has 2 N–H and O–H groups in total. The summed E-state index contributed by atoms with van der Waals surface area (Å²) in [5.74, 6) is -0.317. The number of carbonyl (C=O) groups is 3. The monoisotopic (exact) mass is 619 g/mol. The molecule has 1 aliphatic heterocycles. The molecule has 10 nitrogen and oxygen atoms in total. The van der Waals surface area contributed by atoms with Crippen molar-refractivity contribution >= 4 is 17.9 Å². The fourth-order valence-electron chi connectivity index (χ4n) is 4.31. The average molecular weight is 620 g/mol. The normalized spacial score (nSPS) is 17.8. The van der Waals surface area contributed by atoms with Crippen LogP contribution in [-0.4, -0.2) is 59.5 Å². The molecule has 13 heteroatoms. The summed E-state index contributed by atoms with van der Waals surface area (Å²) in [6, 6.07) is 12.1. The molecule has 2 aromatic carbocycles. The summed E-state index contributed by atoms with van der Waals surface area (Å²) in [4.78, 5) is 40.0. The summed E-state index contributed by atoms with van der Waals surface area (Å²) in [5.41, 5.74) is -0.790. The van der Waals surface area contributed by atoms with Gasteiger partial charge in [-0.2, -0.15) is 13.2 Å². The summed E-state index contributed by atoms with van der Waals surface area (Å²) in [7, 11) is 0. The predicted octanol–water partition coefficient (Wildman–Crippen LogP) is 4.83. The molecular weight excluding hydrogens is 583 g/mol. The van der Waals surface area contributed by atoms with Crippen molar-refractivity contribution in [2.75, 3.05) is 19.8 Å². The maximum absolute atomic E-state index is 13.8. The van der Waals surface area contributed by atoms with Crippen molar-refractivity contribution in [3.63, 3.8) is 0 Å². The number of halogens is 3. The minimum atomic E-state index is -4.84. The molecule has 2 aromatic rings. The highest BCUT2D eigenvalue weighted by molar-refractivity contribution is 5.99.